The number of nitrogens with zero attached hydrogens (tertiary/aromatic N) is 2. The van der Waals surface area contributed by atoms with Crippen LogP contribution in [0.4, 0.5) is 0 Å². The molecule has 0 spiro atoms. The normalized spacial score (nSPS) is 10.3. The first kappa shape index (κ1) is 28.7. The zero-order chi connectivity index (χ0) is 26.3. The maximum atomic E-state index is 11.7. The van der Waals surface area contributed by atoms with Gasteiger partial charge in [0.05, 0.1) is 31.9 Å². The van der Waals surface area contributed by atoms with E-state index in [1.807, 2.05) is 37.3 Å². The summed E-state index contributed by atoms with van der Waals surface area (Å²) in [6.07, 6.45) is 2.22. The highest BCUT2D eigenvalue weighted by molar-refractivity contribution is 5.78. The average Bonchev–Trinajstić information content (AvgIpc) is 2.84. The first-order valence-corrected chi connectivity index (χ1v) is 12.1. The van der Waals surface area contributed by atoms with Crippen molar-refractivity contribution < 1.29 is 19.1 Å². The number of methoxy groups -OCH3 is 1. The maximum absolute atomic E-state index is 11.7. The van der Waals surface area contributed by atoms with E-state index < -0.39 is 0 Å². The van der Waals surface area contributed by atoms with Crippen LogP contribution in [0.3, 0.4) is 0 Å². The monoisotopic (exact) mass is 492 g/mol. The van der Waals surface area contributed by atoms with Gasteiger partial charge in [0.1, 0.15) is 5.78 Å². The highest BCUT2D eigenvalue weighted by atomic mass is 16.5. The fourth-order valence-electron chi connectivity index (χ4n) is 3.55. The lowest BCUT2D eigenvalue weighted by molar-refractivity contribution is -0.142. The second-order valence-electron chi connectivity index (χ2n) is 8.54. The van der Waals surface area contributed by atoms with Gasteiger partial charge in [-0.1, -0.05) is 54.1 Å². The van der Waals surface area contributed by atoms with Crippen LogP contribution in [0.5, 0.6) is 0 Å². The first-order valence-electron chi connectivity index (χ1n) is 12.1. The van der Waals surface area contributed by atoms with Crippen LogP contribution in [0.15, 0.2) is 65.5 Å². The van der Waals surface area contributed by atoms with Crippen molar-refractivity contribution in [3.63, 3.8) is 0 Å². The molecule has 0 radical (unpaired) electrons. The number of carbonyl (C=O) groups excluding carboxylic acids is 2. The Labute approximate surface area is 213 Å². The standard InChI is InChI=1S/C16H18N2O3.C13H18O2/c1-3-21-16(20)10-13-5-4-6-14(9-13)11-18-15(19)8-7-12(2)17-18;1-11-4-3-5-12(10-11)6-7-13(14)8-9-15-2/h4-9H,3,10-11H2,1-2H3;3-5,10H,6-9H2,1-2H3. The minimum atomic E-state index is -0.250. The Bertz CT molecular complexity index is 1190. The number of ether oxygens (including phenoxy) is 2. The van der Waals surface area contributed by atoms with Crippen molar-refractivity contribution in [2.45, 2.75) is 53.0 Å². The number of hydrogen-bond donors (Lipinski definition) is 0. The molecule has 3 rings (SSSR count). The minimum Gasteiger partial charge on any atom is -0.466 e. The molecular weight excluding hydrogens is 456 g/mol. The summed E-state index contributed by atoms with van der Waals surface area (Å²) in [6.45, 7) is 6.98. The van der Waals surface area contributed by atoms with E-state index in [-0.39, 0.29) is 23.7 Å². The molecular formula is C29H36N2O5. The third kappa shape index (κ3) is 10.8. The molecule has 0 unspecified atom stereocenters. The minimum absolute atomic E-state index is 0.142. The van der Waals surface area contributed by atoms with E-state index in [0.717, 1.165) is 23.2 Å². The van der Waals surface area contributed by atoms with E-state index in [9.17, 15) is 14.4 Å². The SMILES string of the molecule is CCOC(=O)Cc1cccc(Cn2nc(C)ccc2=O)c1.COCCC(=O)CCc1cccc(C)c1. The van der Waals surface area contributed by atoms with Crippen LogP contribution in [-0.4, -0.2) is 41.9 Å². The Hall–Kier alpha value is -3.58. The quantitative estimate of drug-likeness (QED) is 0.372. The molecule has 0 saturated heterocycles. The Morgan fingerprint density at radius 3 is 2.36 bits per heavy atom. The van der Waals surface area contributed by atoms with E-state index in [2.05, 4.69) is 30.2 Å². The first-order chi connectivity index (χ1) is 17.3. The molecule has 2 aromatic carbocycles. The predicted octanol–water partition coefficient (Wildman–Crippen LogP) is 4.24. The molecule has 0 atom stereocenters. The third-order valence-corrected chi connectivity index (χ3v) is 5.34. The molecule has 0 bridgehead atoms. The molecule has 36 heavy (non-hydrogen) atoms. The van der Waals surface area contributed by atoms with Gasteiger partial charge in [0.15, 0.2) is 0 Å². The highest BCUT2D eigenvalue weighted by Crippen LogP contribution is 2.09. The van der Waals surface area contributed by atoms with Crippen molar-refractivity contribution in [2.75, 3.05) is 20.3 Å². The van der Waals surface area contributed by atoms with E-state index in [4.69, 9.17) is 9.47 Å². The molecule has 1 aromatic heterocycles. The molecule has 1 heterocycles. The molecule has 3 aromatic rings. The lowest BCUT2D eigenvalue weighted by Crippen LogP contribution is -2.23. The maximum Gasteiger partial charge on any atom is 0.310 e. The van der Waals surface area contributed by atoms with Gasteiger partial charge in [-0.05, 0) is 49.9 Å². The van der Waals surface area contributed by atoms with Gasteiger partial charge in [-0.3, -0.25) is 14.4 Å². The van der Waals surface area contributed by atoms with Crippen molar-refractivity contribution >= 4 is 11.8 Å². The van der Waals surface area contributed by atoms with Gasteiger partial charge in [0.25, 0.3) is 5.56 Å². The van der Waals surface area contributed by atoms with Crippen LogP contribution < -0.4 is 5.56 Å². The molecule has 0 aliphatic rings. The molecule has 192 valence electrons. The summed E-state index contributed by atoms with van der Waals surface area (Å²) in [7, 11) is 1.62. The van der Waals surface area contributed by atoms with Crippen molar-refractivity contribution in [2.24, 2.45) is 0 Å². The van der Waals surface area contributed by atoms with Gasteiger partial charge in [0.2, 0.25) is 0 Å². The molecule has 0 amide bonds. The zero-order valence-electron chi connectivity index (χ0n) is 21.7. The second kappa shape index (κ2) is 15.4. The van der Waals surface area contributed by atoms with E-state index >= 15 is 0 Å². The summed E-state index contributed by atoms with van der Waals surface area (Å²) < 4.78 is 11.2. The molecule has 0 aliphatic carbocycles. The Balaban J connectivity index is 0.000000269. The van der Waals surface area contributed by atoms with Gasteiger partial charge in [-0.2, -0.15) is 5.10 Å². The fourth-order valence-corrected chi connectivity index (χ4v) is 3.55. The second-order valence-corrected chi connectivity index (χ2v) is 8.54. The summed E-state index contributed by atoms with van der Waals surface area (Å²) in [5.74, 6) is 0.0267. The van der Waals surface area contributed by atoms with E-state index in [1.165, 1.54) is 21.9 Å². The molecule has 0 fully saturated rings. The average molecular weight is 493 g/mol. The summed E-state index contributed by atoms with van der Waals surface area (Å²) >= 11 is 0. The lowest BCUT2D eigenvalue weighted by Gasteiger charge is -2.07. The Morgan fingerprint density at radius 2 is 1.64 bits per heavy atom. The van der Waals surface area contributed by atoms with Gasteiger partial charge in [0, 0.05) is 26.0 Å². The van der Waals surface area contributed by atoms with E-state index in [1.54, 1.807) is 20.1 Å². The van der Waals surface area contributed by atoms with Crippen molar-refractivity contribution in [1.29, 1.82) is 0 Å². The summed E-state index contributed by atoms with van der Waals surface area (Å²) in [6, 6.07) is 19.0. The summed E-state index contributed by atoms with van der Waals surface area (Å²) in [5, 5.41) is 4.20. The topological polar surface area (TPSA) is 87.5 Å². The van der Waals surface area contributed by atoms with Gasteiger partial charge in [-0.15, -0.1) is 0 Å². The van der Waals surface area contributed by atoms with Crippen LogP contribution >= 0.6 is 0 Å². The zero-order valence-corrected chi connectivity index (χ0v) is 21.7. The van der Waals surface area contributed by atoms with Crippen LogP contribution in [0, 0.1) is 13.8 Å². The fraction of sp³-hybridized carbons (Fsp3) is 0.379. The van der Waals surface area contributed by atoms with Crippen molar-refractivity contribution in [3.05, 3.63) is 99.0 Å². The third-order valence-electron chi connectivity index (χ3n) is 5.34. The number of Topliss-reactive ketones (excluding diaryl/α,β-unsaturated/α-hetero) is 1. The number of aromatic nitrogens is 2. The van der Waals surface area contributed by atoms with E-state index in [0.29, 0.717) is 32.6 Å². The highest BCUT2D eigenvalue weighted by Gasteiger charge is 2.06. The van der Waals surface area contributed by atoms with Gasteiger partial charge in [-0.25, -0.2) is 4.68 Å². The number of benzene rings is 2. The smallest absolute Gasteiger partial charge is 0.310 e. The molecule has 7 nitrogen and oxygen atoms in total. The molecule has 0 saturated carbocycles. The molecule has 7 heteroatoms. The van der Waals surface area contributed by atoms with Crippen LogP contribution in [-0.2, 0) is 38.4 Å². The number of carbonyl (C=O) groups is 2. The summed E-state index contributed by atoms with van der Waals surface area (Å²) in [5.41, 5.74) is 4.93. The largest absolute Gasteiger partial charge is 0.466 e. The number of rotatable bonds is 11. The molecule has 0 N–H and O–H groups in total. The van der Waals surface area contributed by atoms with Crippen LogP contribution in [0.2, 0.25) is 0 Å². The van der Waals surface area contributed by atoms with Crippen molar-refractivity contribution in [3.8, 4) is 0 Å². The number of aryl methyl sites for hydroxylation is 3. The number of hydrogen-bond acceptors (Lipinski definition) is 6. The molecule has 0 aliphatic heterocycles. The van der Waals surface area contributed by atoms with Gasteiger partial charge < -0.3 is 9.47 Å². The van der Waals surface area contributed by atoms with Gasteiger partial charge >= 0.3 is 5.97 Å². The number of ketones is 1. The summed E-state index contributed by atoms with van der Waals surface area (Å²) in [4.78, 5) is 34.6. The Morgan fingerprint density at radius 1 is 0.917 bits per heavy atom. The Kier molecular flexibility index (Phi) is 12.3. The van der Waals surface area contributed by atoms with Crippen LogP contribution in [0.25, 0.3) is 0 Å². The predicted molar refractivity (Wildman–Crippen MR) is 140 cm³/mol. The van der Waals surface area contributed by atoms with Crippen LogP contribution in [0.1, 0.15) is 47.7 Å². The number of esters is 1. The van der Waals surface area contributed by atoms with Crippen molar-refractivity contribution in [1.82, 2.24) is 9.78 Å². The lowest BCUT2D eigenvalue weighted by atomic mass is 10.0.